The molecular weight excluding hydrogens is 348 g/mol. The minimum Gasteiger partial charge on any atom is -0.509 e. The first-order valence-corrected chi connectivity index (χ1v) is 9.53. The number of pyridine rings is 1. The molecule has 7 nitrogen and oxygen atoms in total. The topological polar surface area (TPSA) is 98.0 Å². The Kier molecular flexibility index (Phi) is 5.48. The Labute approximate surface area is 158 Å². The van der Waals surface area contributed by atoms with Gasteiger partial charge < -0.3 is 14.4 Å². The first kappa shape index (κ1) is 19.3. The van der Waals surface area contributed by atoms with Crippen LogP contribution in [0.4, 0.5) is 0 Å². The number of aliphatic hydroxyl groups is 1. The minimum absolute atomic E-state index is 0.0137. The van der Waals surface area contributed by atoms with Crippen LogP contribution in [0, 0.1) is 16.7 Å². The number of carbonyl (C=O) groups is 1. The SMILES string of the molecule is CCC1CC2CC(OCC(C)C)=C(O)CC2c2cc(=O)c(C(=O)N=O)cn21. The molecule has 0 spiro atoms. The van der Waals surface area contributed by atoms with Crippen LogP contribution < -0.4 is 5.43 Å². The van der Waals surface area contributed by atoms with E-state index in [2.05, 4.69) is 25.9 Å². The number of fused-ring (bicyclic) bond motifs is 3. The smallest absolute Gasteiger partial charge is 0.322 e. The van der Waals surface area contributed by atoms with Crippen molar-refractivity contribution in [3.63, 3.8) is 0 Å². The second-order valence-electron chi connectivity index (χ2n) is 7.93. The Morgan fingerprint density at radius 2 is 2.15 bits per heavy atom. The number of aliphatic hydroxyl groups excluding tert-OH is 1. The van der Waals surface area contributed by atoms with Crippen molar-refractivity contribution in [2.75, 3.05) is 6.61 Å². The molecule has 3 atom stereocenters. The second kappa shape index (κ2) is 7.66. The summed E-state index contributed by atoms with van der Waals surface area (Å²) in [6, 6.07) is 1.55. The van der Waals surface area contributed by atoms with Gasteiger partial charge in [-0.3, -0.25) is 9.59 Å². The summed E-state index contributed by atoms with van der Waals surface area (Å²) >= 11 is 0. The maximum absolute atomic E-state index is 12.4. The summed E-state index contributed by atoms with van der Waals surface area (Å²) in [4.78, 5) is 34.6. The molecule has 0 radical (unpaired) electrons. The molecule has 7 heteroatoms. The lowest BCUT2D eigenvalue weighted by Gasteiger charge is -2.42. The van der Waals surface area contributed by atoms with Gasteiger partial charge in [0.2, 0.25) is 0 Å². The standard InChI is InChI=1S/C20H26N2O5/c1-4-13-5-12-6-19(27-10-11(2)3)18(24)7-14(12)16-8-17(23)15(9-22(13)16)20(25)21-26/h8-9,11-14,24H,4-7,10H2,1-3H3. The lowest BCUT2D eigenvalue weighted by atomic mass is 9.72. The van der Waals surface area contributed by atoms with Gasteiger partial charge in [0.15, 0.2) is 5.43 Å². The average molecular weight is 374 g/mol. The number of amides is 1. The van der Waals surface area contributed by atoms with Crippen molar-refractivity contribution in [1.29, 1.82) is 0 Å². The molecule has 3 unspecified atom stereocenters. The monoisotopic (exact) mass is 374 g/mol. The number of nitroso groups, excluding NO2 is 1. The van der Waals surface area contributed by atoms with Crippen LogP contribution in [-0.4, -0.2) is 22.2 Å². The fourth-order valence-electron chi connectivity index (χ4n) is 4.20. The van der Waals surface area contributed by atoms with Crippen LogP contribution in [-0.2, 0) is 4.74 Å². The number of ether oxygens (including phenoxy) is 1. The largest absolute Gasteiger partial charge is 0.509 e. The molecule has 1 aromatic heterocycles. The van der Waals surface area contributed by atoms with Gasteiger partial charge >= 0.3 is 5.91 Å². The van der Waals surface area contributed by atoms with Crippen LogP contribution >= 0.6 is 0 Å². The summed E-state index contributed by atoms with van der Waals surface area (Å²) in [6.45, 7) is 6.74. The van der Waals surface area contributed by atoms with Gasteiger partial charge in [0.1, 0.15) is 17.1 Å². The zero-order valence-electron chi connectivity index (χ0n) is 16.0. The highest BCUT2D eigenvalue weighted by Crippen LogP contribution is 2.48. The van der Waals surface area contributed by atoms with Gasteiger partial charge in [0, 0.05) is 47.9 Å². The maximum atomic E-state index is 12.4. The van der Waals surface area contributed by atoms with E-state index in [9.17, 15) is 19.6 Å². The van der Waals surface area contributed by atoms with Crippen LogP contribution in [0.15, 0.2) is 33.8 Å². The van der Waals surface area contributed by atoms with E-state index < -0.39 is 11.3 Å². The van der Waals surface area contributed by atoms with Crippen molar-refractivity contribution < 1.29 is 14.6 Å². The predicted octanol–water partition coefficient (Wildman–Crippen LogP) is 4.05. The molecular formula is C20H26N2O5. The summed E-state index contributed by atoms with van der Waals surface area (Å²) in [5, 5.41) is 12.9. The molecule has 1 aliphatic carbocycles. The van der Waals surface area contributed by atoms with Crippen molar-refractivity contribution in [3.05, 3.63) is 50.2 Å². The third kappa shape index (κ3) is 3.68. The van der Waals surface area contributed by atoms with Crippen molar-refractivity contribution in [3.8, 4) is 0 Å². The minimum atomic E-state index is -1.04. The van der Waals surface area contributed by atoms with E-state index >= 15 is 0 Å². The Hall–Kier alpha value is -2.44. The van der Waals surface area contributed by atoms with Crippen molar-refractivity contribution >= 4 is 5.91 Å². The van der Waals surface area contributed by atoms with Crippen LogP contribution in [0.25, 0.3) is 0 Å². The van der Waals surface area contributed by atoms with E-state index in [4.69, 9.17) is 4.74 Å². The molecule has 1 aromatic rings. The Bertz CT molecular complexity index is 839. The summed E-state index contributed by atoms with van der Waals surface area (Å²) < 4.78 is 7.75. The van der Waals surface area contributed by atoms with Gasteiger partial charge in [-0.25, -0.2) is 0 Å². The van der Waals surface area contributed by atoms with Crippen LogP contribution in [0.3, 0.4) is 0 Å². The van der Waals surface area contributed by atoms with E-state index in [0.29, 0.717) is 31.1 Å². The lowest BCUT2D eigenvalue weighted by Crippen LogP contribution is -2.35. The summed E-state index contributed by atoms with van der Waals surface area (Å²) in [5.74, 6) is 0.481. The number of carbonyl (C=O) groups excluding carboxylic acids is 1. The maximum Gasteiger partial charge on any atom is 0.322 e. The van der Waals surface area contributed by atoms with Gasteiger partial charge in [0.25, 0.3) is 0 Å². The first-order valence-electron chi connectivity index (χ1n) is 9.53. The Morgan fingerprint density at radius 1 is 1.41 bits per heavy atom. The van der Waals surface area contributed by atoms with Crippen molar-refractivity contribution in [1.82, 2.24) is 4.57 Å². The molecule has 146 valence electrons. The Balaban J connectivity index is 1.99. The van der Waals surface area contributed by atoms with E-state index in [-0.39, 0.29) is 29.2 Å². The molecule has 3 rings (SSSR count). The third-order valence-corrected chi connectivity index (χ3v) is 5.59. The number of nitrogens with zero attached hydrogens (tertiary/aromatic N) is 2. The van der Waals surface area contributed by atoms with Gasteiger partial charge in [-0.2, -0.15) is 0 Å². The quantitative estimate of drug-likeness (QED) is 0.784. The van der Waals surface area contributed by atoms with Crippen LogP contribution in [0.1, 0.15) is 74.5 Å². The Morgan fingerprint density at radius 3 is 2.78 bits per heavy atom. The van der Waals surface area contributed by atoms with E-state index in [1.54, 1.807) is 0 Å². The molecule has 0 fully saturated rings. The van der Waals surface area contributed by atoms with Gasteiger partial charge in [-0.1, -0.05) is 20.8 Å². The highest BCUT2D eigenvalue weighted by Gasteiger charge is 2.39. The first-order chi connectivity index (χ1) is 12.8. The number of hydrogen-bond acceptors (Lipinski definition) is 5. The molecule has 27 heavy (non-hydrogen) atoms. The van der Waals surface area contributed by atoms with Gasteiger partial charge in [0.05, 0.1) is 6.61 Å². The van der Waals surface area contributed by atoms with E-state index in [1.807, 2.05) is 4.57 Å². The molecule has 2 heterocycles. The fraction of sp³-hybridized carbons (Fsp3) is 0.600. The molecule has 1 aliphatic heterocycles. The molecule has 2 aliphatic rings. The summed E-state index contributed by atoms with van der Waals surface area (Å²) in [6.07, 6.45) is 4.22. The van der Waals surface area contributed by atoms with Crippen molar-refractivity contribution in [2.45, 2.75) is 58.4 Å². The fourth-order valence-corrected chi connectivity index (χ4v) is 4.20. The molecule has 0 bridgehead atoms. The third-order valence-electron chi connectivity index (χ3n) is 5.59. The zero-order valence-corrected chi connectivity index (χ0v) is 16.0. The normalized spacial score (nSPS) is 24.4. The number of aromatic nitrogens is 1. The lowest BCUT2D eigenvalue weighted by molar-refractivity contribution is 0.0995. The second-order valence-corrected chi connectivity index (χ2v) is 7.93. The highest BCUT2D eigenvalue weighted by atomic mass is 16.5. The van der Waals surface area contributed by atoms with E-state index in [0.717, 1.165) is 18.5 Å². The number of allylic oxidation sites excluding steroid dienone is 2. The molecule has 0 saturated heterocycles. The average Bonchev–Trinajstić information content (AvgIpc) is 2.64. The highest BCUT2D eigenvalue weighted by molar-refractivity contribution is 5.94. The van der Waals surface area contributed by atoms with Gasteiger partial charge in [-0.05, 0) is 24.7 Å². The molecule has 1 N–H and O–H groups in total. The number of rotatable bonds is 5. The zero-order chi connectivity index (χ0) is 19.7. The van der Waals surface area contributed by atoms with E-state index in [1.165, 1.54) is 12.3 Å². The molecule has 0 aromatic carbocycles. The van der Waals surface area contributed by atoms with Crippen LogP contribution in [0.2, 0.25) is 0 Å². The molecule has 1 amide bonds. The van der Waals surface area contributed by atoms with Crippen LogP contribution in [0.5, 0.6) is 0 Å². The van der Waals surface area contributed by atoms with Gasteiger partial charge in [-0.15, -0.1) is 4.91 Å². The summed E-state index contributed by atoms with van der Waals surface area (Å²) in [7, 11) is 0. The summed E-state index contributed by atoms with van der Waals surface area (Å²) in [5.41, 5.74) is 0.119. The number of hydrogen-bond donors (Lipinski definition) is 1. The van der Waals surface area contributed by atoms with Crippen molar-refractivity contribution in [2.24, 2.45) is 17.0 Å². The molecule has 0 saturated carbocycles. The predicted molar refractivity (Wildman–Crippen MR) is 101 cm³/mol.